The highest BCUT2D eigenvalue weighted by Gasteiger charge is 2.22. The molecule has 0 aliphatic carbocycles. The molecule has 0 unspecified atom stereocenters. The van der Waals surface area contributed by atoms with Crippen molar-refractivity contribution in [3.05, 3.63) is 102 Å². The molecule has 0 fully saturated rings. The van der Waals surface area contributed by atoms with Crippen molar-refractivity contribution in [2.75, 3.05) is 4.90 Å². The molecule has 1 amide bonds. The highest BCUT2D eigenvalue weighted by atomic mass is 16.2. The van der Waals surface area contributed by atoms with E-state index in [1.165, 1.54) is 17.3 Å². The predicted octanol–water partition coefficient (Wildman–Crippen LogP) is 4.31. The summed E-state index contributed by atoms with van der Waals surface area (Å²) < 4.78 is 0. The minimum Gasteiger partial charge on any atom is -0.308 e. The number of carbonyl (C=O) groups is 2. The summed E-state index contributed by atoms with van der Waals surface area (Å²) >= 11 is 0. The minimum atomic E-state index is -0.453. The molecule has 0 bridgehead atoms. The number of Topliss-reactive ketones (excluding diaryl/α,β-unsaturated/α-hetero) is 1. The fourth-order valence-corrected chi connectivity index (χ4v) is 3.34. The Morgan fingerprint density at radius 2 is 1.65 bits per heavy atom. The summed E-state index contributed by atoms with van der Waals surface area (Å²) in [7, 11) is 0. The van der Waals surface area contributed by atoms with Crippen molar-refractivity contribution in [2.24, 2.45) is 0 Å². The van der Waals surface area contributed by atoms with Gasteiger partial charge in [0.05, 0.1) is 24.6 Å². The lowest BCUT2D eigenvalue weighted by Crippen LogP contribution is -2.32. The van der Waals surface area contributed by atoms with E-state index in [0.717, 1.165) is 16.3 Å². The third-order valence-electron chi connectivity index (χ3n) is 4.87. The zero-order valence-corrected chi connectivity index (χ0v) is 16.6. The van der Waals surface area contributed by atoms with Crippen LogP contribution < -0.4 is 4.90 Å². The van der Waals surface area contributed by atoms with Gasteiger partial charge in [0.1, 0.15) is 0 Å². The molecule has 4 rings (SSSR count). The molecular weight excluding hydrogens is 388 g/mol. The number of carbonyl (C=O) groups excluding carboxylic acids is 2. The Labute approximate surface area is 179 Å². The van der Waals surface area contributed by atoms with Gasteiger partial charge in [-0.05, 0) is 46.7 Å². The second kappa shape index (κ2) is 8.97. The smallest absolute Gasteiger partial charge is 0.235 e. The third kappa shape index (κ3) is 4.62. The Kier molecular flexibility index (Phi) is 5.77. The molecule has 4 aromatic rings. The summed E-state index contributed by atoms with van der Waals surface area (Å²) in [6.07, 6.45) is 2.57. The molecule has 1 aromatic heterocycles. The van der Waals surface area contributed by atoms with Crippen molar-refractivity contribution in [3.8, 4) is 6.07 Å². The molecule has 6 nitrogen and oxygen atoms in total. The van der Waals surface area contributed by atoms with Gasteiger partial charge in [0, 0.05) is 18.1 Å². The average Bonchev–Trinajstić information content (AvgIpc) is 2.83. The van der Waals surface area contributed by atoms with Gasteiger partial charge in [-0.25, -0.2) is 9.97 Å². The first-order valence-corrected chi connectivity index (χ1v) is 9.72. The van der Waals surface area contributed by atoms with Gasteiger partial charge in [-0.3, -0.25) is 9.59 Å². The van der Waals surface area contributed by atoms with Gasteiger partial charge in [-0.2, -0.15) is 5.26 Å². The quantitative estimate of drug-likeness (QED) is 0.352. The number of ketones is 1. The predicted molar refractivity (Wildman–Crippen MR) is 117 cm³/mol. The Bertz CT molecular complexity index is 1300. The molecule has 1 heterocycles. The van der Waals surface area contributed by atoms with E-state index in [1.54, 1.807) is 30.3 Å². The molecule has 6 heteroatoms. The lowest BCUT2D eigenvalue weighted by atomic mass is 10.1. The number of aromatic nitrogens is 2. The zero-order chi connectivity index (χ0) is 21.6. The monoisotopic (exact) mass is 406 g/mol. The average molecular weight is 406 g/mol. The number of rotatable bonds is 6. The lowest BCUT2D eigenvalue weighted by molar-refractivity contribution is -0.117. The Morgan fingerprint density at radius 3 is 2.42 bits per heavy atom. The van der Waals surface area contributed by atoms with Crippen molar-refractivity contribution in [1.82, 2.24) is 9.97 Å². The fraction of sp³-hybridized carbons (Fsp3) is 0.0800. The van der Waals surface area contributed by atoms with Gasteiger partial charge in [0.2, 0.25) is 11.7 Å². The van der Waals surface area contributed by atoms with Gasteiger partial charge < -0.3 is 4.90 Å². The van der Waals surface area contributed by atoms with Crippen molar-refractivity contribution in [3.63, 3.8) is 0 Å². The maximum Gasteiger partial charge on any atom is 0.235 e. The number of hydrogen-bond donors (Lipinski definition) is 0. The number of hydrogen-bond acceptors (Lipinski definition) is 5. The standard InChI is InChI=1S/C25H18N4O2/c26-16-18-5-3-8-22(14-18)29(24(31)15-23(30)25-27-11-4-12-28-25)17-19-9-10-20-6-1-2-7-21(20)13-19/h1-14H,15,17H2. The van der Waals surface area contributed by atoms with Crippen LogP contribution in [-0.4, -0.2) is 21.7 Å². The maximum absolute atomic E-state index is 13.2. The van der Waals surface area contributed by atoms with E-state index in [4.69, 9.17) is 0 Å². The SMILES string of the molecule is N#Cc1cccc(N(Cc2ccc3ccccc3c2)C(=O)CC(=O)c2ncccn2)c1. The molecular formula is C25H18N4O2. The summed E-state index contributed by atoms with van der Waals surface area (Å²) in [6, 6.07) is 24.4. The molecule has 0 aliphatic rings. The molecule has 0 spiro atoms. The molecule has 0 saturated carbocycles. The van der Waals surface area contributed by atoms with Crippen LogP contribution in [-0.2, 0) is 11.3 Å². The first-order valence-electron chi connectivity index (χ1n) is 9.72. The Morgan fingerprint density at radius 1 is 0.871 bits per heavy atom. The van der Waals surface area contributed by atoms with E-state index in [2.05, 4.69) is 16.0 Å². The first kappa shape index (κ1) is 19.9. The molecule has 0 N–H and O–H groups in total. The summed E-state index contributed by atoms with van der Waals surface area (Å²) in [5, 5.41) is 11.4. The van der Waals surface area contributed by atoms with Crippen LogP contribution in [0.15, 0.2) is 85.2 Å². The van der Waals surface area contributed by atoms with Gasteiger partial charge in [0.15, 0.2) is 5.82 Å². The van der Waals surface area contributed by atoms with E-state index in [0.29, 0.717) is 11.3 Å². The van der Waals surface area contributed by atoms with Crippen LogP contribution in [0.4, 0.5) is 5.69 Å². The van der Waals surface area contributed by atoms with Gasteiger partial charge in [-0.15, -0.1) is 0 Å². The lowest BCUT2D eigenvalue weighted by Gasteiger charge is -2.23. The minimum absolute atomic E-state index is 0.00674. The molecule has 0 aliphatic heterocycles. The Balaban J connectivity index is 1.65. The number of nitriles is 1. The van der Waals surface area contributed by atoms with Crippen molar-refractivity contribution in [2.45, 2.75) is 13.0 Å². The van der Waals surface area contributed by atoms with Gasteiger partial charge in [0.25, 0.3) is 0 Å². The van der Waals surface area contributed by atoms with Crippen LogP contribution >= 0.6 is 0 Å². The van der Waals surface area contributed by atoms with Crippen LogP contribution in [0.3, 0.4) is 0 Å². The van der Waals surface area contributed by atoms with Crippen LogP contribution in [0.5, 0.6) is 0 Å². The normalized spacial score (nSPS) is 10.4. The number of benzene rings is 3. The summed E-state index contributed by atoms with van der Waals surface area (Å²) in [5.41, 5.74) is 1.91. The van der Waals surface area contributed by atoms with Gasteiger partial charge >= 0.3 is 0 Å². The molecule has 3 aromatic carbocycles. The topological polar surface area (TPSA) is 87.0 Å². The number of anilines is 1. The van der Waals surface area contributed by atoms with Crippen LogP contribution in [0, 0.1) is 11.3 Å². The van der Waals surface area contributed by atoms with Crippen LogP contribution in [0.2, 0.25) is 0 Å². The fourth-order valence-electron chi connectivity index (χ4n) is 3.34. The van der Waals surface area contributed by atoms with Crippen molar-refractivity contribution >= 4 is 28.2 Å². The summed E-state index contributed by atoms with van der Waals surface area (Å²) in [6.45, 7) is 0.265. The number of nitrogens with zero attached hydrogens (tertiary/aromatic N) is 4. The van der Waals surface area contributed by atoms with E-state index >= 15 is 0 Å². The second-order valence-electron chi connectivity index (χ2n) is 7.00. The number of fused-ring (bicyclic) bond motifs is 1. The van der Waals surface area contributed by atoms with E-state index in [9.17, 15) is 14.9 Å². The van der Waals surface area contributed by atoms with Gasteiger partial charge in [-0.1, -0.05) is 42.5 Å². The highest BCUT2D eigenvalue weighted by Crippen LogP contribution is 2.23. The third-order valence-corrected chi connectivity index (χ3v) is 4.87. The largest absolute Gasteiger partial charge is 0.308 e. The van der Waals surface area contributed by atoms with Crippen LogP contribution in [0.1, 0.15) is 28.2 Å². The van der Waals surface area contributed by atoms with Crippen molar-refractivity contribution < 1.29 is 9.59 Å². The van der Waals surface area contributed by atoms with E-state index in [-0.39, 0.29) is 24.7 Å². The highest BCUT2D eigenvalue weighted by molar-refractivity contribution is 6.10. The first-order chi connectivity index (χ1) is 15.1. The Hall–Kier alpha value is -4.37. The van der Waals surface area contributed by atoms with E-state index < -0.39 is 5.78 Å². The van der Waals surface area contributed by atoms with Crippen molar-refractivity contribution in [1.29, 1.82) is 5.26 Å². The molecule has 0 atom stereocenters. The number of amides is 1. The molecule has 0 saturated heterocycles. The van der Waals surface area contributed by atoms with E-state index in [1.807, 2.05) is 42.5 Å². The molecule has 150 valence electrons. The second-order valence-corrected chi connectivity index (χ2v) is 7.00. The summed E-state index contributed by atoms with van der Waals surface area (Å²) in [4.78, 5) is 35.1. The summed E-state index contributed by atoms with van der Waals surface area (Å²) in [5.74, 6) is -0.835. The molecule has 31 heavy (non-hydrogen) atoms. The zero-order valence-electron chi connectivity index (χ0n) is 16.6. The molecule has 0 radical (unpaired) electrons. The van der Waals surface area contributed by atoms with Crippen LogP contribution in [0.25, 0.3) is 10.8 Å². The maximum atomic E-state index is 13.2.